The molecule has 0 radical (unpaired) electrons. The SMILES string of the molecule is Cn1ncc(C=O)c1-c1ccc2c(c1)CCCC2. The normalized spacial score (nSPS) is 14.3. The smallest absolute Gasteiger partial charge is 0.153 e. The van der Waals surface area contributed by atoms with Crippen LogP contribution < -0.4 is 0 Å². The molecule has 0 saturated heterocycles. The van der Waals surface area contributed by atoms with E-state index in [0.29, 0.717) is 5.56 Å². The van der Waals surface area contributed by atoms with Crippen LogP contribution in [-0.4, -0.2) is 16.1 Å². The molecule has 18 heavy (non-hydrogen) atoms. The lowest BCUT2D eigenvalue weighted by Gasteiger charge is -2.16. The second kappa shape index (κ2) is 4.41. The quantitative estimate of drug-likeness (QED) is 0.756. The minimum Gasteiger partial charge on any atom is -0.298 e. The molecule has 0 amide bonds. The van der Waals surface area contributed by atoms with Gasteiger partial charge in [0.05, 0.1) is 17.5 Å². The fourth-order valence-corrected chi connectivity index (χ4v) is 2.77. The van der Waals surface area contributed by atoms with Crippen molar-refractivity contribution in [3.8, 4) is 11.3 Å². The van der Waals surface area contributed by atoms with E-state index in [4.69, 9.17) is 0 Å². The molecule has 1 aliphatic carbocycles. The Morgan fingerprint density at radius 3 is 2.78 bits per heavy atom. The Morgan fingerprint density at radius 2 is 2.00 bits per heavy atom. The van der Waals surface area contributed by atoms with Gasteiger partial charge in [0.25, 0.3) is 0 Å². The third-order valence-corrected chi connectivity index (χ3v) is 3.72. The molecule has 0 N–H and O–H groups in total. The molecule has 0 spiro atoms. The second-order valence-electron chi connectivity index (χ2n) is 4.88. The molecule has 0 bridgehead atoms. The number of nitrogens with zero attached hydrogens (tertiary/aromatic N) is 2. The molecule has 3 nitrogen and oxygen atoms in total. The molecule has 1 aliphatic rings. The number of benzene rings is 1. The van der Waals surface area contributed by atoms with E-state index >= 15 is 0 Å². The minimum atomic E-state index is 0.660. The van der Waals surface area contributed by atoms with Gasteiger partial charge < -0.3 is 0 Å². The molecule has 3 heteroatoms. The lowest BCUT2D eigenvalue weighted by molar-refractivity contribution is 0.112. The van der Waals surface area contributed by atoms with Gasteiger partial charge in [-0.1, -0.05) is 12.1 Å². The number of rotatable bonds is 2. The molecule has 0 atom stereocenters. The number of hydrogen-bond acceptors (Lipinski definition) is 2. The van der Waals surface area contributed by atoms with Crippen molar-refractivity contribution < 1.29 is 4.79 Å². The summed E-state index contributed by atoms with van der Waals surface area (Å²) in [5.41, 5.74) is 5.56. The first-order valence-electron chi connectivity index (χ1n) is 6.39. The topological polar surface area (TPSA) is 34.9 Å². The van der Waals surface area contributed by atoms with Crippen molar-refractivity contribution in [3.63, 3.8) is 0 Å². The highest BCUT2D eigenvalue weighted by atomic mass is 16.1. The number of aromatic nitrogens is 2. The third-order valence-electron chi connectivity index (χ3n) is 3.72. The largest absolute Gasteiger partial charge is 0.298 e. The molecular formula is C15H16N2O. The Kier molecular flexibility index (Phi) is 2.74. The van der Waals surface area contributed by atoms with Crippen LogP contribution in [0.15, 0.2) is 24.4 Å². The summed E-state index contributed by atoms with van der Waals surface area (Å²) in [5, 5.41) is 4.16. The van der Waals surface area contributed by atoms with Crippen molar-refractivity contribution in [1.82, 2.24) is 9.78 Å². The van der Waals surface area contributed by atoms with Crippen LogP contribution in [0.2, 0.25) is 0 Å². The predicted molar refractivity (Wildman–Crippen MR) is 70.7 cm³/mol. The van der Waals surface area contributed by atoms with Crippen molar-refractivity contribution >= 4 is 6.29 Å². The summed E-state index contributed by atoms with van der Waals surface area (Å²) in [4.78, 5) is 11.0. The van der Waals surface area contributed by atoms with Crippen LogP contribution in [-0.2, 0) is 19.9 Å². The number of aryl methyl sites for hydroxylation is 3. The number of carbonyl (C=O) groups excluding carboxylic acids is 1. The molecule has 1 aromatic heterocycles. The van der Waals surface area contributed by atoms with Gasteiger partial charge in [-0.25, -0.2) is 0 Å². The average molecular weight is 240 g/mol. The van der Waals surface area contributed by atoms with Gasteiger partial charge in [0, 0.05) is 12.6 Å². The fraction of sp³-hybridized carbons (Fsp3) is 0.333. The van der Waals surface area contributed by atoms with E-state index < -0.39 is 0 Å². The molecule has 2 aromatic rings. The van der Waals surface area contributed by atoms with Gasteiger partial charge in [0.2, 0.25) is 0 Å². The number of aldehydes is 1. The van der Waals surface area contributed by atoms with Crippen LogP contribution >= 0.6 is 0 Å². The van der Waals surface area contributed by atoms with Crippen LogP contribution in [0.5, 0.6) is 0 Å². The van der Waals surface area contributed by atoms with Gasteiger partial charge in [0.15, 0.2) is 6.29 Å². The van der Waals surface area contributed by atoms with Gasteiger partial charge in [-0.2, -0.15) is 5.10 Å². The third kappa shape index (κ3) is 1.76. The highest BCUT2D eigenvalue weighted by Gasteiger charge is 2.14. The van der Waals surface area contributed by atoms with Gasteiger partial charge in [-0.05, 0) is 42.9 Å². The van der Waals surface area contributed by atoms with E-state index in [1.165, 1.54) is 30.4 Å². The molecule has 1 heterocycles. The summed E-state index contributed by atoms with van der Waals surface area (Å²) in [7, 11) is 1.88. The average Bonchev–Trinajstić information content (AvgIpc) is 2.79. The molecule has 0 aliphatic heterocycles. The number of hydrogen-bond donors (Lipinski definition) is 0. The van der Waals surface area contributed by atoms with E-state index in [9.17, 15) is 4.79 Å². The predicted octanol–water partition coefficient (Wildman–Crippen LogP) is 2.78. The lowest BCUT2D eigenvalue weighted by Crippen LogP contribution is -2.03. The first kappa shape index (κ1) is 11.2. The molecule has 1 aromatic carbocycles. The van der Waals surface area contributed by atoms with Crippen molar-refractivity contribution in [3.05, 3.63) is 41.1 Å². The van der Waals surface area contributed by atoms with Gasteiger partial charge in [0.1, 0.15) is 0 Å². The van der Waals surface area contributed by atoms with E-state index in [2.05, 4.69) is 23.3 Å². The molecule has 0 saturated carbocycles. The van der Waals surface area contributed by atoms with Gasteiger partial charge >= 0.3 is 0 Å². The maximum Gasteiger partial charge on any atom is 0.153 e. The van der Waals surface area contributed by atoms with E-state index in [0.717, 1.165) is 24.0 Å². The summed E-state index contributed by atoms with van der Waals surface area (Å²) in [6.45, 7) is 0. The van der Waals surface area contributed by atoms with Crippen LogP contribution in [0.3, 0.4) is 0 Å². The summed E-state index contributed by atoms with van der Waals surface area (Å²) < 4.78 is 1.77. The van der Waals surface area contributed by atoms with E-state index in [1.54, 1.807) is 10.9 Å². The van der Waals surface area contributed by atoms with E-state index in [1.807, 2.05) is 7.05 Å². The minimum absolute atomic E-state index is 0.660. The first-order valence-corrected chi connectivity index (χ1v) is 6.39. The van der Waals surface area contributed by atoms with Crippen molar-refractivity contribution in [2.75, 3.05) is 0 Å². The lowest BCUT2D eigenvalue weighted by atomic mass is 9.89. The maximum absolute atomic E-state index is 11.0. The Balaban J connectivity index is 2.11. The molecule has 3 rings (SSSR count). The maximum atomic E-state index is 11.0. The second-order valence-corrected chi connectivity index (χ2v) is 4.88. The zero-order chi connectivity index (χ0) is 12.5. The Hall–Kier alpha value is -1.90. The zero-order valence-corrected chi connectivity index (χ0v) is 10.5. The highest BCUT2D eigenvalue weighted by molar-refractivity contribution is 5.85. The summed E-state index contributed by atoms with van der Waals surface area (Å²) >= 11 is 0. The Labute approximate surface area is 106 Å². The van der Waals surface area contributed by atoms with Crippen molar-refractivity contribution in [2.45, 2.75) is 25.7 Å². The van der Waals surface area contributed by atoms with Crippen LogP contribution in [0.25, 0.3) is 11.3 Å². The molecule has 0 unspecified atom stereocenters. The van der Waals surface area contributed by atoms with E-state index in [-0.39, 0.29) is 0 Å². The molecule has 92 valence electrons. The van der Waals surface area contributed by atoms with Gasteiger partial charge in [-0.3, -0.25) is 9.48 Å². The summed E-state index contributed by atoms with van der Waals surface area (Å²) in [6, 6.07) is 6.53. The number of carbonyl (C=O) groups is 1. The molecule has 0 fully saturated rings. The van der Waals surface area contributed by atoms with Crippen molar-refractivity contribution in [1.29, 1.82) is 0 Å². The molecular weight excluding hydrogens is 224 g/mol. The van der Waals surface area contributed by atoms with Crippen LogP contribution in [0.1, 0.15) is 34.3 Å². The van der Waals surface area contributed by atoms with Gasteiger partial charge in [-0.15, -0.1) is 0 Å². The zero-order valence-electron chi connectivity index (χ0n) is 10.5. The summed E-state index contributed by atoms with van der Waals surface area (Å²) in [6.07, 6.45) is 7.39. The highest BCUT2D eigenvalue weighted by Crippen LogP contribution is 2.28. The Morgan fingerprint density at radius 1 is 1.22 bits per heavy atom. The van der Waals surface area contributed by atoms with Crippen LogP contribution in [0, 0.1) is 0 Å². The number of fused-ring (bicyclic) bond motifs is 1. The first-order chi connectivity index (χ1) is 8.79. The summed E-state index contributed by atoms with van der Waals surface area (Å²) in [5.74, 6) is 0. The van der Waals surface area contributed by atoms with Crippen LogP contribution in [0.4, 0.5) is 0 Å². The van der Waals surface area contributed by atoms with Crippen molar-refractivity contribution in [2.24, 2.45) is 7.05 Å². The fourth-order valence-electron chi connectivity index (χ4n) is 2.77. The Bertz CT molecular complexity index is 599. The standard InChI is InChI=1S/C15H16N2O/c1-17-15(14(10-18)9-16-17)13-7-6-11-4-2-3-5-12(11)8-13/h6-10H,2-5H2,1H3. The monoisotopic (exact) mass is 240 g/mol.